The number of H-pyrrole nitrogens is 1. The van der Waals surface area contributed by atoms with Crippen molar-refractivity contribution in [1.29, 1.82) is 0 Å². The van der Waals surface area contributed by atoms with E-state index in [4.69, 9.17) is 4.74 Å². The van der Waals surface area contributed by atoms with Gasteiger partial charge in [-0.15, -0.1) is 5.10 Å². The Labute approximate surface area is 100.0 Å². The highest BCUT2D eigenvalue weighted by atomic mass is 32.2. The average Bonchev–Trinajstić information content (AvgIpc) is 2.71. The maximum atomic E-state index is 9.61. The lowest BCUT2D eigenvalue weighted by Gasteiger charge is -2.11. The molecule has 1 unspecified atom stereocenters. The highest BCUT2D eigenvalue weighted by Crippen LogP contribution is 2.14. The molecule has 0 aromatic carbocycles. The van der Waals surface area contributed by atoms with Gasteiger partial charge in [0.2, 0.25) is 5.16 Å². The SMILES string of the molecule is CCc1nc(SCC(O)COC(C)C)n[nH]1. The van der Waals surface area contributed by atoms with Crippen molar-refractivity contribution < 1.29 is 9.84 Å². The minimum absolute atomic E-state index is 0.148. The molecule has 1 heterocycles. The fourth-order valence-corrected chi connectivity index (χ4v) is 1.75. The molecule has 92 valence electrons. The summed E-state index contributed by atoms with van der Waals surface area (Å²) in [5, 5.41) is 17.2. The summed E-state index contributed by atoms with van der Waals surface area (Å²) in [7, 11) is 0. The average molecular weight is 245 g/mol. The highest BCUT2D eigenvalue weighted by molar-refractivity contribution is 7.99. The molecule has 1 aromatic rings. The maximum Gasteiger partial charge on any atom is 0.208 e. The number of hydrogen-bond donors (Lipinski definition) is 2. The van der Waals surface area contributed by atoms with Gasteiger partial charge in [0.1, 0.15) is 5.82 Å². The third-order valence-electron chi connectivity index (χ3n) is 1.87. The first-order valence-electron chi connectivity index (χ1n) is 5.45. The molecule has 2 N–H and O–H groups in total. The highest BCUT2D eigenvalue weighted by Gasteiger charge is 2.09. The third kappa shape index (κ3) is 4.96. The van der Waals surface area contributed by atoms with Gasteiger partial charge in [0, 0.05) is 12.2 Å². The molecule has 0 saturated carbocycles. The van der Waals surface area contributed by atoms with Crippen LogP contribution in [0.1, 0.15) is 26.6 Å². The van der Waals surface area contributed by atoms with Gasteiger partial charge < -0.3 is 9.84 Å². The van der Waals surface area contributed by atoms with Crippen LogP contribution in [0.15, 0.2) is 5.16 Å². The Morgan fingerprint density at radius 1 is 1.50 bits per heavy atom. The summed E-state index contributed by atoms with van der Waals surface area (Å²) in [5.74, 6) is 1.42. The van der Waals surface area contributed by atoms with E-state index in [9.17, 15) is 5.11 Å². The lowest BCUT2D eigenvalue weighted by Crippen LogP contribution is -2.20. The molecule has 6 heteroatoms. The van der Waals surface area contributed by atoms with Crippen LogP contribution in [0.25, 0.3) is 0 Å². The van der Waals surface area contributed by atoms with Gasteiger partial charge in [-0.3, -0.25) is 5.10 Å². The standard InChI is InChI=1S/C10H19N3O2S/c1-4-9-11-10(13-12-9)16-6-8(14)5-15-7(2)3/h7-8,14H,4-6H2,1-3H3,(H,11,12,13). The van der Waals surface area contributed by atoms with E-state index in [2.05, 4.69) is 15.2 Å². The molecule has 0 aliphatic rings. The zero-order chi connectivity index (χ0) is 12.0. The summed E-state index contributed by atoms with van der Waals surface area (Å²) < 4.78 is 5.31. The van der Waals surface area contributed by atoms with Crippen LogP contribution in [-0.2, 0) is 11.2 Å². The number of aliphatic hydroxyl groups is 1. The molecule has 0 radical (unpaired) electrons. The van der Waals surface area contributed by atoms with Gasteiger partial charge >= 0.3 is 0 Å². The van der Waals surface area contributed by atoms with E-state index in [0.717, 1.165) is 12.2 Å². The zero-order valence-corrected chi connectivity index (χ0v) is 10.8. The van der Waals surface area contributed by atoms with E-state index in [1.54, 1.807) is 0 Å². The molecular weight excluding hydrogens is 226 g/mol. The topological polar surface area (TPSA) is 71.0 Å². The fraction of sp³-hybridized carbons (Fsp3) is 0.800. The maximum absolute atomic E-state index is 9.61. The molecule has 1 rings (SSSR count). The van der Waals surface area contributed by atoms with Crippen molar-refractivity contribution in [2.75, 3.05) is 12.4 Å². The van der Waals surface area contributed by atoms with Gasteiger partial charge in [0.05, 0.1) is 18.8 Å². The summed E-state index contributed by atoms with van der Waals surface area (Å²) in [6, 6.07) is 0. The molecular formula is C10H19N3O2S. The van der Waals surface area contributed by atoms with Gasteiger partial charge in [0.15, 0.2) is 0 Å². The minimum Gasteiger partial charge on any atom is -0.390 e. The Hall–Kier alpha value is -0.590. The molecule has 16 heavy (non-hydrogen) atoms. The monoisotopic (exact) mass is 245 g/mol. The van der Waals surface area contributed by atoms with Crippen LogP contribution in [0.3, 0.4) is 0 Å². The Morgan fingerprint density at radius 3 is 2.81 bits per heavy atom. The Morgan fingerprint density at radius 2 is 2.25 bits per heavy atom. The summed E-state index contributed by atoms with van der Waals surface area (Å²) >= 11 is 1.43. The van der Waals surface area contributed by atoms with Crippen molar-refractivity contribution in [1.82, 2.24) is 15.2 Å². The number of hydrogen-bond acceptors (Lipinski definition) is 5. The summed E-state index contributed by atoms with van der Waals surface area (Å²) in [6.07, 6.45) is 0.512. The quantitative estimate of drug-likeness (QED) is 0.707. The predicted octanol–water partition coefficient (Wildman–Crippen LogP) is 1.25. The number of aryl methyl sites for hydroxylation is 1. The zero-order valence-electron chi connectivity index (χ0n) is 9.93. The second kappa shape index (κ2) is 6.88. The first-order chi connectivity index (χ1) is 7.61. The molecule has 0 fully saturated rings. The van der Waals surface area contributed by atoms with Crippen LogP contribution in [0.5, 0.6) is 0 Å². The minimum atomic E-state index is -0.476. The molecule has 1 aromatic heterocycles. The van der Waals surface area contributed by atoms with E-state index >= 15 is 0 Å². The summed E-state index contributed by atoms with van der Waals surface area (Å²) in [4.78, 5) is 4.24. The van der Waals surface area contributed by atoms with Gasteiger partial charge in [-0.25, -0.2) is 4.98 Å². The van der Waals surface area contributed by atoms with Gasteiger partial charge in [-0.2, -0.15) is 0 Å². The molecule has 0 aliphatic heterocycles. The van der Waals surface area contributed by atoms with Crippen molar-refractivity contribution in [2.24, 2.45) is 0 Å². The first-order valence-corrected chi connectivity index (χ1v) is 6.44. The second-order valence-corrected chi connectivity index (χ2v) is 4.75. The molecule has 0 aliphatic carbocycles. The van der Waals surface area contributed by atoms with Crippen LogP contribution in [0, 0.1) is 0 Å². The van der Waals surface area contributed by atoms with Gasteiger partial charge in [-0.05, 0) is 13.8 Å². The van der Waals surface area contributed by atoms with Crippen LogP contribution in [-0.4, -0.2) is 44.9 Å². The van der Waals surface area contributed by atoms with E-state index in [1.807, 2.05) is 20.8 Å². The number of aliphatic hydroxyl groups excluding tert-OH is 1. The number of rotatable bonds is 7. The summed E-state index contributed by atoms with van der Waals surface area (Å²) in [5.41, 5.74) is 0. The molecule has 0 bridgehead atoms. The van der Waals surface area contributed by atoms with Crippen molar-refractivity contribution in [3.8, 4) is 0 Å². The molecule has 5 nitrogen and oxygen atoms in total. The third-order valence-corrected chi connectivity index (χ3v) is 2.87. The Bertz CT molecular complexity index is 304. The van der Waals surface area contributed by atoms with Crippen molar-refractivity contribution in [3.63, 3.8) is 0 Å². The number of ether oxygens (including phenoxy) is 1. The molecule has 0 saturated heterocycles. The lowest BCUT2D eigenvalue weighted by molar-refractivity contribution is 0.0152. The number of thioether (sulfide) groups is 1. The largest absolute Gasteiger partial charge is 0.390 e. The van der Waals surface area contributed by atoms with Crippen molar-refractivity contribution in [3.05, 3.63) is 5.82 Å². The number of aromatic amines is 1. The van der Waals surface area contributed by atoms with Gasteiger partial charge in [-0.1, -0.05) is 18.7 Å². The molecule has 0 spiro atoms. The van der Waals surface area contributed by atoms with Crippen molar-refractivity contribution >= 4 is 11.8 Å². The Balaban J connectivity index is 2.23. The number of nitrogens with one attached hydrogen (secondary N) is 1. The molecule has 0 amide bonds. The Kier molecular flexibility index (Phi) is 5.79. The first kappa shape index (κ1) is 13.5. The predicted molar refractivity (Wildman–Crippen MR) is 63.6 cm³/mol. The smallest absolute Gasteiger partial charge is 0.208 e. The van der Waals surface area contributed by atoms with E-state index in [0.29, 0.717) is 17.5 Å². The summed E-state index contributed by atoms with van der Waals surface area (Å²) in [6.45, 7) is 6.27. The number of aromatic nitrogens is 3. The number of nitrogens with zero attached hydrogens (tertiary/aromatic N) is 2. The second-order valence-electron chi connectivity index (χ2n) is 3.77. The normalized spacial score (nSPS) is 13.3. The van der Waals surface area contributed by atoms with Crippen LogP contribution >= 0.6 is 11.8 Å². The fourth-order valence-electron chi connectivity index (χ4n) is 1.02. The van der Waals surface area contributed by atoms with Crippen molar-refractivity contribution in [2.45, 2.75) is 44.6 Å². The molecule has 1 atom stereocenters. The lowest BCUT2D eigenvalue weighted by atomic mass is 10.4. The van der Waals surface area contributed by atoms with Crippen LogP contribution < -0.4 is 0 Å². The van der Waals surface area contributed by atoms with E-state index in [1.165, 1.54) is 11.8 Å². The van der Waals surface area contributed by atoms with E-state index < -0.39 is 6.10 Å². The van der Waals surface area contributed by atoms with Crippen LogP contribution in [0.4, 0.5) is 0 Å². The van der Waals surface area contributed by atoms with Crippen LogP contribution in [0.2, 0.25) is 0 Å². The van der Waals surface area contributed by atoms with Gasteiger partial charge in [0.25, 0.3) is 0 Å². The van der Waals surface area contributed by atoms with E-state index in [-0.39, 0.29) is 6.10 Å².